The molecular formula is C12H16FNO2S. The number of ether oxygens (including phenoxy) is 1. The van der Waals surface area contributed by atoms with Crippen molar-refractivity contribution in [1.29, 1.82) is 0 Å². The van der Waals surface area contributed by atoms with E-state index in [0.29, 0.717) is 5.75 Å². The van der Waals surface area contributed by atoms with E-state index >= 15 is 0 Å². The van der Waals surface area contributed by atoms with Gasteiger partial charge < -0.3 is 4.74 Å². The molecule has 0 radical (unpaired) electrons. The molecule has 1 rings (SSSR count). The first kappa shape index (κ1) is 13.8. The summed E-state index contributed by atoms with van der Waals surface area (Å²) >= 11 is 0. The van der Waals surface area contributed by atoms with Crippen LogP contribution in [-0.4, -0.2) is 22.3 Å². The van der Waals surface area contributed by atoms with Crippen molar-refractivity contribution in [3.05, 3.63) is 29.6 Å². The van der Waals surface area contributed by atoms with Crippen LogP contribution < -0.4 is 4.74 Å². The van der Waals surface area contributed by atoms with Gasteiger partial charge in [0.25, 0.3) is 0 Å². The van der Waals surface area contributed by atoms with Gasteiger partial charge in [0.2, 0.25) is 0 Å². The van der Waals surface area contributed by atoms with Crippen LogP contribution in [0.3, 0.4) is 0 Å². The second kappa shape index (κ2) is 5.40. The van der Waals surface area contributed by atoms with E-state index in [2.05, 4.69) is 4.40 Å². The minimum Gasteiger partial charge on any atom is -0.496 e. The molecule has 0 aromatic heterocycles. The Hall–Kier alpha value is -1.23. The van der Waals surface area contributed by atoms with E-state index in [0.717, 1.165) is 0 Å². The zero-order chi connectivity index (χ0) is 13.1. The predicted molar refractivity (Wildman–Crippen MR) is 68.4 cm³/mol. The highest BCUT2D eigenvalue weighted by atomic mass is 32.2. The third-order valence-corrected chi connectivity index (χ3v) is 3.38. The Balaban J connectivity index is 3.03. The van der Waals surface area contributed by atoms with Crippen LogP contribution in [0.15, 0.2) is 22.6 Å². The van der Waals surface area contributed by atoms with Crippen LogP contribution in [0.25, 0.3) is 0 Å². The third-order valence-electron chi connectivity index (χ3n) is 2.03. The minimum atomic E-state index is -1.41. The van der Waals surface area contributed by atoms with E-state index in [1.807, 2.05) is 0 Å². The number of hydrogen-bond acceptors (Lipinski definition) is 2. The van der Waals surface area contributed by atoms with Gasteiger partial charge >= 0.3 is 0 Å². The molecule has 0 bridgehead atoms. The Morgan fingerprint density at radius 3 is 2.59 bits per heavy atom. The zero-order valence-corrected chi connectivity index (χ0v) is 11.2. The molecule has 0 heterocycles. The Morgan fingerprint density at radius 1 is 1.41 bits per heavy atom. The second-order valence-electron chi connectivity index (χ2n) is 4.45. The van der Waals surface area contributed by atoms with Crippen LogP contribution in [0.4, 0.5) is 4.39 Å². The number of benzene rings is 1. The van der Waals surface area contributed by atoms with Gasteiger partial charge in [0.15, 0.2) is 0 Å². The molecule has 1 aromatic carbocycles. The molecule has 0 saturated heterocycles. The monoisotopic (exact) mass is 257 g/mol. The molecule has 0 amide bonds. The molecule has 0 aliphatic rings. The summed E-state index contributed by atoms with van der Waals surface area (Å²) in [6.45, 7) is 5.41. The van der Waals surface area contributed by atoms with Gasteiger partial charge in [-0.15, -0.1) is 0 Å². The van der Waals surface area contributed by atoms with Crippen molar-refractivity contribution in [2.75, 3.05) is 7.11 Å². The molecule has 0 N–H and O–H groups in total. The topological polar surface area (TPSA) is 38.7 Å². The summed E-state index contributed by atoms with van der Waals surface area (Å²) in [6.07, 6.45) is 1.26. The van der Waals surface area contributed by atoms with Gasteiger partial charge in [0.05, 0.1) is 23.6 Å². The lowest BCUT2D eigenvalue weighted by Gasteiger charge is -2.13. The van der Waals surface area contributed by atoms with Crippen molar-refractivity contribution < 1.29 is 13.3 Å². The molecule has 0 spiro atoms. The first-order chi connectivity index (χ1) is 7.86. The van der Waals surface area contributed by atoms with Gasteiger partial charge in [-0.2, -0.15) is 4.40 Å². The maximum atomic E-state index is 13.5. The third kappa shape index (κ3) is 3.63. The normalized spacial score (nSPS) is 13.9. The molecule has 0 aliphatic carbocycles. The number of methoxy groups -OCH3 is 1. The molecule has 1 aromatic rings. The van der Waals surface area contributed by atoms with Crippen molar-refractivity contribution in [2.24, 2.45) is 4.40 Å². The fourth-order valence-corrected chi connectivity index (χ4v) is 1.60. The molecule has 5 heteroatoms. The van der Waals surface area contributed by atoms with Gasteiger partial charge in [-0.05, 0) is 32.9 Å². The largest absolute Gasteiger partial charge is 0.496 e. The van der Waals surface area contributed by atoms with Crippen LogP contribution in [-0.2, 0) is 11.0 Å². The summed E-state index contributed by atoms with van der Waals surface area (Å²) in [5.41, 5.74) is 0.215. The zero-order valence-electron chi connectivity index (χ0n) is 10.4. The van der Waals surface area contributed by atoms with Crippen LogP contribution in [0.5, 0.6) is 5.75 Å². The van der Waals surface area contributed by atoms with Crippen LogP contribution in [0.1, 0.15) is 26.3 Å². The molecule has 0 fully saturated rings. The molecule has 94 valence electrons. The van der Waals surface area contributed by atoms with Gasteiger partial charge in [-0.25, -0.2) is 8.60 Å². The van der Waals surface area contributed by atoms with Gasteiger partial charge in [-0.1, -0.05) is 6.07 Å². The number of nitrogens with zero attached hydrogens (tertiary/aromatic N) is 1. The summed E-state index contributed by atoms with van der Waals surface area (Å²) < 4.78 is 33.6. The highest BCUT2D eigenvalue weighted by Crippen LogP contribution is 2.20. The average molecular weight is 257 g/mol. The Labute approximate surface area is 103 Å². The molecule has 3 nitrogen and oxygen atoms in total. The van der Waals surface area contributed by atoms with Crippen molar-refractivity contribution in [1.82, 2.24) is 0 Å². The molecular weight excluding hydrogens is 241 g/mol. The fourth-order valence-electron chi connectivity index (χ4n) is 1.08. The van der Waals surface area contributed by atoms with Crippen molar-refractivity contribution in [3.8, 4) is 5.75 Å². The summed E-state index contributed by atoms with van der Waals surface area (Å²) in [6, 6.07) is 4.49. The minimum absolute atomic E-state index is 0.215. The van der Waals surface area contributed by atoms with Gasteiger partial charge in [-0.3, -0.25) is 0 Å². The first-order valence-electron chi connectivity index (χ1n) is 5.15. The Morgan fingerprint density at radius 2 is 2.06 bits per heavy atom. The van der Waals surface area contributed by atoms with Crippen molar-refractivity contribution >= 4 is 17.2 Å². The van der Waals surface area contributed by atoms with Crippen LogP contribution >= 0.6 is 0 Å². The molecule has 0 aliphatic heterocycles. The summed E-state index contributed by atoms with van der Waals surface area (Å²) in [5, 5.41) is 0. The summed E-state index contributed by atoms with van der Waals surface area (Å²) in [5.74, 6) is -0.0707. The summed E-state index contributed by atoms with van der Waals surface area (Å²) in [4.78, 5) is 0. The van der Waals surface area contributed by atoms with Gasteiger partial charge in [0.1, 0.15) is 22.6 Å². The second-order valence-corrected chi connectivity index (χ2v) is 6.39. The molecule has 0 saturated carbocycles. The predicted octanol–water partition coefficient (Wildman–Crippen LogP) is 2.72. The highest BCUT2D eigenvalue weighted by Gasteiger charge is 2.18. The van der Waals surface area contributed by atoms with E-state index < -0.39 is 21.5 Å². The number of hydrogen-bond donors (Lipinski definition) is 0. The van der Waals surface area contributed by atoms with E-state index in [1.165, 1.54) is 19.4 Å². The number of halogens is 1. The smallest absolute Gasteiger partial charge is 0.144 e. The maximum Gasteiger partial charge on any atom is 0.144 e. The first-order valence-corrected chi connectivity index (χ1v) is 6.25. The fraction of sp³-hybridized carbons (Fsp3) is 0.417. The number of rotatable bonds is 3. The standard InChI is InChI=1S/C12H16FNO2S/c1-12(2,3)17(15)14-8-9-10(13)6-5-7-11(9)16-4/h5-8H,1-4H3/t17-/m0/s1. The molecule has 17 heavy (non-hydrogen) atoms. The highest BCUT2D eigenvalue weighted by molar-refractivity contribution is 7.85. The lowest BCUT2D eigenvalue weighted by molar-refractivity contribution is 0.410. The Kier molecular flexibility index (Phi) is 4.40. The molecule has 0 unspecified atom stereocenters. The lowest BCUT2D eigenvalue weighted by Crippen LogP contribution is -2.19. The van der Waals surface area contributed by atoms with E-state index in [9.17, 15) is 8.60 Å². The van der Waals surface area contributed by atoms with E-state index in [1.54, 1.807) is 32.9 Å². The lowest BCUT2D eigenvalue weighted by atomic mass is 10.2. The van der Waals surface area contributed by atoms with Crippen molar-refractivity contribution in [2.45, 2.75) is 25.5 Å². The molecule has 1 atom stereocenters. The van der Waals surface area contributed by atoms with Crippen LogP contribution in [0, 0.1) is 5.82 Å². The van der Waals surface area contributed by atoms with Gasteiger partial charge in [0, 0.05) is 0 Å². The maximum absolute atomic E-state index is 13.5. The van der Waals surface area contributed by atoms with Crippen LogP contribution in [0.2, 0.25) is 0 Å². The summed E-state index contributed by atoms with van der Waals surface area (Å²) in [7, 11) is 0.0421. The van der Waals surface area contributed by atoms with Crippen molar-refractivity contribution in [3.63, 3.8) is 0 Å². The quantitative estimate of drug-likeness (QED) is 0.781. The van der Waals surface area contributed by atoms with E-state index in [4.69, 9.17) is 4.74 Å². The average Bonchev–Trinajstić information content (AvgIpc) is 2.25. The SMILES string of the molecule is COc1cccc(F)c1C=N[S@@](=O)C(C)(C)C. The Bertz CT molecular complexity index is 452. The van der Waals surface area contributed by atoms with E-state index in [-0.39, 0.29) is 5.56 Å².